The lowest BCUT2D eigenvalue weighted by molar-refractivity contribution is 0.200. The molecule has 1 aliphatic carbocycles. The van der Waals surface area contributed by atoms with E-state index in [1.165, 1.54) is 64.3 Å². The summed E-state index contributed by atoms with van der Waals surface area (Å²) >= 11 is 0. The first kappa shape index (κ1) is 14.0. The zero-order valence-corrected chi connectivity index (χ0v) is 11.6. The Morgan fingerprint density at radius 2 is 1.81 bits per heavy atom. The first-order valence-corrected chi connectivity index (χ1v) is 7.40. The standard InChI is InChI=1S/C15H31N/c1-4-5-7-10-14(2)16-13-15(3)11-8-6-9-12-15/h14,16H,4-13H2,1-3H3. The highest BCUT2D eigenvalue weighted by atomic mass is 14.9. The van der Waals surface area contributed by atoms with E-state index in [-0.39, 0.29) is 0 Å². The second kappa shape index (κ2) is 7.32. The lowest BCUT2D eigenvalue weighted by Gasteiger charge is -2.35. The largest absolute Gasteiger partial charge is 0.314 e. The molecule has 1 unspecified atom stereocenters. The van der Waals surface area contributed by atoms with Gasteiger partial charge in [0.25, 0.3) is 0 Å². The summed E-state index contributed by atoms with van der Waals surface area (Å²) in [5.41, 5.74) is 0.595. The summed E-state index contributed by atoms with van der Waals surface area (Å²) in [4.78, 5) is 0. The van der Waals surface area contributed by atoms with Crippen LogP contribution < -0.4 is 5.32 Å². The topological polar surface area (TPSA) is 12.0 Å². The van der Waals surface area contributed by atoms with Crippen LogP contribution in [0.1, 0.15) is 78.6 Å². The maximum Gasteiger partial charge on any atom is 0.00389 e. The van der Waals surface area contributed by atoms with Crippen LogP contribution in [-0.2, 0) is 0 Å². The zero-order chi connectivity index (χ0) is 11.9. The molecule has 1 N–H and O–H groups in total. The van der Waals surface area contributed by atoms with Crippen molar-refractivity contribution in [1.29, 1.82) is 0 Å². The van der Waals surface area contributed by atoms with E-state index in [4.69, 9.17) is 0 Å². The van der Waals surface area contributed by atoms with Crippen molar-refractivity contribution in [3.05, 3.63) is 0 Å². The molecule has 1 nitrogen and oxygen atoms in total. The van der Waals surface area contributed by atoms with Gasteiger partial charge in [0.15, 0.2) is 0 Å². The summed E-state index contributed by atoms with van der Waals surface area (Å²) in [6.45, 7) is 8.33. The highest BCUT2D eigenvalue weighted by Gasteiger charge is 2.26. The van der Waals surface area contributed by atoms with E-state index in [2.05, 4.69) is 26.1 Å². The highest BCUT2D eigenvalue weighted by Crippen LogP contribution is 2.35. The maximum absolute atomic E-state index is 3.75. The number of rotatable bonds is 7. The predicted octanol–water partition coefficient (Wildman–Crippen LogP) is 4.52. The van der Waals surface area contributed by atoms with Crippen LogP contribution in [0.3, 0.4) is 0 Å². The van der Waals surface area contributed by atoms with Crippen LogP contribution >= 0.6 is 0 Å². The fourth-order valence-corrected chi connectivity index (χ4v) is 2.81. The molecule has 0 aromatic rings. The molecule has 0 bridgehead atoms. The lowest BCUT2D eigenvalue weighted by Crippen LogP contribution is -2.38. The molecule has 0 radical (unpaired) electrons. The molecule has 1 fully saturated rings. The van der Waals surface area contributed by atoms with Gasteiger partial charge in [-0.15, -0.1) is 0 Å². The fraction of sp³-hybridized carbons (Fsp3) is 1.00. The van der Waals surface area contributed by atoms with Crippen LogP contribution in [0.25, 0.3) is 0 Å². The molecule has 1 saturated carbocycles. The lowest BCUT2D eigenvalue weighted by atomic mass is 9.75. The van der Waals surface area contributed by atoms with Gasteiger partial charge < -0.3 is 5.32 Å². The van der Waals surface area contributed by atoms with Gasteiger partial charge in [0.05, 0.1) is 0 Å². The minimum atomic E-state index is 0.595. The molecular formula is C15H31N. The van der Waals surface area contributed by atoms with Crippen molar-refractivity contribution < 1.29 is 0 Å². The molecule has 0 aromatic carbocycles. The van der Waals surface area contributed by atoms with Crippen LogP contribution in [0, 0.1) is 5.41 Å². The molecule has 0 aromatic heterocycles. The Bertz CT molecular complexity index is 170. The van der Waals surface area contributed by atoms with Gasteiger partial charge in [0.2, 0.25) is 0 Å². The van der Waals surface area contributed by atoms with E-state index in [0.717, 1.165) is 0 Å². The summed E-state index contributed by atoms with van der Waals surface area (Å²) in [6, 6.07) is 0.713. The quantitative estimate of drug-likeness (QED) is 0.628. The summed E-state index contributed by atoms with van der Waals surface area (Å²) in [5, 5.41) is 3.75. The van der Waals surface area contributed by atoms with Gasteiger partial charge in [0.1, 0.15) is 0 Å². The Morgan fingerprint density at radius 3 is 2.44 bits per heavy atom. The third-order valence-electron chi connectivity index (χ3n) is 4.18. The van der Waals surface area contributed by atoms with Crippen molar-refractivity contribution in [3.63, 3.8) is 0 Å². The van der Waals surface area contributed by atoms with Crippen molar-refractivity contribution in [2.45, 2.75) is 84.6 Å². The fourth-order valence-electron chi connectivity index (χ4n) is 2.81. The molecule has 1 heteroatoms. The molecule has 1 atom stereocenters. The number of hydrogen-bond acceptors (Lipinski definition) is 1. The van der Waals surface area contributed by atoms with Crippen molar-refractivity contribution in [2.24, 2.45) is 5.41 Å². The molecule has 1 rings (SSSR count). The van der Waals surface area contributed by atoms with Gasteiger partial charge in [-0.05, 0) is 31.6 Å². The minimum absolute atomic E-state index is 0.595. The third-order valence-corrected chi connectivity index (χ3v) is 4.18. The van der Waals surface area contributed by atoms with E-state index < -0.39 is 0 Å². The normalized spacial score (nSPS) is 21.9. The van der Waals surface area contributed by atoms with Gasteiger partial charge in [-0.2, -0.15) is 0 Å². The molecule has 1 aliphatic rings. The van der Waals surface area contributed by atoms with E-state index in [1.807, 2.05) is 0 Å². The summed E-state index contributed by atoms with van der Waals surface area (Å²) in [5.74, 6) is 0. The molecule has 0 heterocycles. The number of hydrogen-bond donors (Lipinski definition) is 1. The Kier molecular flexibility index (Phi) is 6.41. The predicted molar refractivity (Wildman–Crippen MR) is 72.8 cm³/mol. The van der Waals surface area contributed by atoms with Crippen LogP contribution in [0.4, 0.5) is 0 Å². The molecule has 0 aliphatic heterocycles. The van der Waals surface area contributed by atoms with E-state index in [9.17, 15) is 0 Å². The molecule has 0 spiro atoms. The number of unbranched alkanes of at least 4 members (excludes halogenated alkanes) is 2. The summed E-state index contributed by atoms with van der Waals surface area (Å²) < 4.78 is 0. The van der Waals surface area contributed by atoms with Gasteiger partial charge in [-0.25, -0.2) is 0 Å². The van der Waals surface area contributed by atoms with E-state index in [0.29, 0.717) is 11.5 Å². The molecule has 96 valence electrons. The average Bonchev–Trinajstić information content (AvgIpc) is 2.28. The van der Waals surface area contributed by atoms with Crippen LogP contribution in [-0.4, -0.2) is 12.6 Å². The summed E-state index contributed by atoms with van der Waals surface area (Å²) in [7, 11) is 0. The molecule has 0 saturated heterocycles. The van der Waals surface area contributed by atoms with Crippen LogP contribution in [0.5, 0.6) is 0 Å². The Labute approximate surface area is 102 Å². The van der Waals surface area contributed by atoms with E-state index in [1.54, 1.807) is 0 Å². The Hall–Kier alpha value is -0.0400. The average molecular weight is 225 g/mol. The van der Waals surface area contributed by atoms with E-state index >= 15 is 0 Å². The first-order valence-electron chi connectivity index (χ1n) is 7.40. The Balaban J connectivity index is 2.12. The van der Waals surface area contributed by atoms with Crippen molar-refractivity contribution in [2.75, 3.05) is 6.54 Å². The number of nitrogens with one attached hydrogen (secondary N) is 1. The maximum atomic E-state index is 3.75. The molecule has 0 amide bonds. The molecular weight excluding hydrogens is 194 g/mol. The van der Waals surface area contributed by atoms with Gasteiger partial charge in [-0.1, -0.05) is 52.4 Å². The second-order valence-corrected chi connectivity index (χ2v) is 6.15. The van der Waals surface area contributed by atoms with Gasteiger partial charge in [-0.3, -0.25) is 0 Å². The zero-order valence-electron chi connectivity index (χ0n) is 11.6. The Morgan fingerprint density at radius 1 is 1.12 bits per heavy atom. The smallest absolute Gasteiger partial charge is 0.00389 e. The van der Waals surface area contributed by atoms with Crippen molar-refractivity contribution in [1.82, 2.24) is 5.32 Å². The highest BCUT2D eigenvalue weighted by molar-refractivity contribution is 4.81. The van der Waals surface area contributed by atoms with Gasteiger partial charge >= 0.3 is 0 Å². The van der Waals surface area contributed by atoms with Crippen molar-refractivity contribution >= 4 is 0 Å². The first-order chi connectivity index (χ1) is 7.66. The molecule has 16 heavy (non-hydrogen) atoms. The summed E-state index contributed by atoms with van der Waals surface area (Å²) in [6.07, 6.45) is 12.7. The van der Waals surface area contributed by atoms with Crippen LogP contribution in [0.2, 0.25) is 0 Å². The third kappa shape index (κ3) is 5.34. The van der Waals surface area contributed by atoms with Crippen LogP contribution in [0.15, 0.2) is 0 Å². The second-order valence-electron chi connectivity index (χ2n) is 6.15. The van der Waals surface area contributed by atoms with Crippen molar-refractivity contribution in [3.8, 4) is 0 Å². The monoisotopic (exact) mass is 225 g/mol. The van der Waals surface area contributed by atoms with Gasteiger partial charge in [0, 0.05) is 12.6 Å². The minimum Gasteiger partial charge on any atom is -0.314 e. The SMILES string of the molecule is CCCCCC(C)NCC1(C)CCCCC1.